The smallest absolute Gasteiger partial charge is 0.342 e. The third kappa shape index (κ3) is 2.79. The SMILES string of the molecule is COc1cc(C)c(C(=O)O[C@@H]2C[C@]3(C)[C@H]4[C@@H](O)C(C)(C)CC4(O)C=C(CO)[C@]23O)c(O)c1. The quantitative estimate of drug-likeness (QED) is 0.345. The number of ether oxygens (including phenoxy) is 2. The van der Waals surface area contributed by atoms with Crippen molar-refractivity contribution in [1.29, 1.82) is 0 Å². The van der Waals surface area contributed by atoms with Crippen molar-refractivity contribution < 1.29 is 39.8 Å². The van der Waals surface area contributed by atoms with Gasteiger partial charge >= 0.3 is 5.97 Å². The topological polar surface area (TPSA) is 137 Å². The molecule has 0 radical (unpaired) electrons. The van der Waals surface area contributed by atoms with Gasteiger partial charge < -0.3 is 35.0 Å². The largest absolute Gasteiger partial charge is 0.507 e. The van der Waals surface area contributed by atoms with Crippen LogP contribution in [0.5, 0.6) is 11.5 Å². The minimum absolute atomic E-state index is 0.0353. The van der Waals surface area contributed by atoms with Crippen LogP contribution in [-0.2, 0) is 4.74 Å². The van der Waals surface area contributed by atoms with E-state index in [9.17, 15) is 30.3 Å². The van der Waals surface area contributed by atoms with Gasteiger partial charge in [-0.25, -0.2) is 4.79 Å². The third-order valence-corrected chi connectivity index (χ3v) is 8.09. The molecule has 1 aromatic rings. The second kappa shape index (κ2) is 6.93. The lowest BCUT2D eigenvalue weighted by Crippen LogP contribution is -2.76. The summed E-state index contributed by atoms with van der Waals surface area (Å²) >= 11 is 0. The predicted octanol–water partition coefficient (Wildman–Crippen LogP) is 1.45. The Morgan fingerprint density at radius 3 is 2.44 bits per heavy atom. The molecule has 1 aromatic carbocycles. The van der Waals surface area contributed by atoms with Gasteiger partial charge in [-0.3, -0.25) is 0 Å². The summed E-state index contributed by atoms with van der Waals surface area (Å²) in [6.07, 6.45) is -0.00892. The minimum atomic E-state index is -1.76. The fourth-order valence-corrected chi connectivity index (χ4v) is 6.59. The summed E-state index contributed by atoms with van der Waals surface area (Å²) in [6.45, 7) is 6.56. The summed E-state index contributed by atoms with van der Waals surface area (Å²) in [4.78, 5) is 12.9. The van der Waals surface area contributed by atoms with Gasteiger partial charge in [0.2, 0.25) is 0 Å². The van der Waals surface area contributed by atoms with Crippen molar-refractivity contribution in [2.45, 2.75) is 63.9 Å². The zero-order chi connectivity index (χ0) is 23.9. The fourth-order valence-electron chi connectivity index (χ4n) is 6.59. The fraction of sp³-hybridized carbons (Fsp3) is 0.625. The van der Waals surface area contributed by atoms with E-state index in [-0.39, 0.29) is 29.7 Å². The Balaban J connectivity index is 1.69. The van der Waals surface area contributed by atoms with Gasteiger partial charge in [0.1, 0.15) is 28.8 Å². The Morgan fingerprint density at radius 1 is 1.22 bits per heavy atom. The van der Waals surface area contributed by atoms with Crippen molar-refractivity contribution >= 4 is 5.97 Å². The number of aliphatic hydroxyl groups excluding tert-OH is 2. The zero-order valence-corrected chi connectivity index (χ0v) is 19.0. The van der Waals surface area contributed by atoms with E-state index in [2.05, 4.69) is 0 Å². The van der Waals surface area contributed by atoms with Gasteiger partial charge in [0, 0.05) is 17.4 Å². The Hall–Kier alpha value is -2.13. The third-order valence-electron chi connectivity index (χ3n) is 8.09. The summed E-state index contributed by atoms with van der Waals surface area (Å²) in [7, 11) is 1.45. The standard InChI is InChI=1S/C24H32O8/c1-12-6-14(31-5)7-15(26)17(12)20(28)32-16-9-22(4)18-19(27)21(2,3)11-23(18,29)8-13(10-25)24(16,22)30/h6-8,16,18-19,25-27,29-30H,9-11H2,1-5H3/t16-,18-,19-,22-,23?,24+/m1/s1. The van der Waals surface area contributed by atoms with E-state index in [1.165, 1.54) is 19.3 Å². The molecule has 32 heavy (non-hydrogen) atoms. The van der Waals surface area contributed by atoms with Gasteiger partial charge in [-0.15, -0.1) is 0 Å². The van der Waals surface area contributed by atoms with E-state index in [0.717, 1.165) is 0 Å². The van der Waals surface area contributed by atoms with Crippen LogP contribution in [0.4, 0.5) is 0 Å². The molecule has 0 aliphatic heterocycles. The number of phenols is 1. The lowest BCUT2D eigenvalue weighted by Gasteiger charge is -2.66. The molecule has 2 saturated carbocycles. The summed E-state index contributed by atoms with van der Waals surface area (Å²) in [6, 6.07) is 2.90. The first-order chi connectivity index (χ1) is 14.7. The van der Waals surface area contributed by atoms with Gasteiger partial charge in [-0.05, 0) is 48.5 Å². The van der Waals surface area contributed by atoms with E-state index in [1.54, 1.807) is 19.9 Å². The van der Waals surface area contributed by atoms with Crippen LogP contribution < -0.4 is 4.74 Å². The molecule has 3 aliphatic rings. The highest BCUT2D eigenvalue weighted by molar-refractivity contribution is 5.94. The maximum atomic E-state index is 12.9. The molecule has 0 spiro atoms. The van der Waals surface area contributed by atoms with Gasteiger partial charge in [-0.2, -0.15) is 0 Å². The molecule has 5 N–H and O–H groups in total. The van der Waals surface area contributed by atoms with Crippen molar-refractivity contribution in [2.24, 2.45) is 16.7 Å². The molecule has 0 aromatic heterocycles. The van der Waals surface area contributed by atoms with E-state index in [1.807, 2.05) is 13.8 Å². The lowest BCUT2D eigenvalue weighted by atomic mass is 9.43. The molecule has 6 atom stereocenters. The van der Waals surface area contributed by atoms with Crippen molar-refractivity contribution in [3.63, 3.8) is 0 Å². The number of aryl methyl sites for hydroxylation is 1. The zero-order valence-electron chi connectivity index (χ0n) is 19.0. The number of methoxy groups -OCH3 is 1. The molecule has 0 amide bonds. The Labute approximate surface area is 187 Å². The van der Waals surface area contributed by atoms with E-state index < -0.39 is 52.7 Å². The number of phenolic OH excluding ortho intramolecular Hbond substituents is 1. The maximum Gasteiger partial charge on any atom is 0.342 e. The first-order valence-electron chi connectivity index (χ1n) is 10.8. The molecule has 4 rings (SSSR count). The number of rotatable bonds is 4. The first-order valence-corrected chi connectivity index (χ1v) is 10.8. The summed E-state index contributed by atoms with van der Waals surface area (Å²) < 4.78 is 10.7. The van der Waals surface area contributed by atoms with Crippen LogP contribution in [0.2, 0.25) is 0 Å². The maximum absolute atomic E-state index is 12.9. The van der Waals surface area contributed by atoms with Gasteiger partial charge in [0.05, 0.1) is 25.4 Å². The second-order valence-corrected chi connectivity index (χ2v) is 10.5. The van der Waals surface area contributed by atoms with E-state index >= 15 is 0 Å². The number of aliphatic hydroxyl groups is 4. The average molecular weight is 449 g/mol. The molecular weight excluding hydrogens is 416 g/mol. The molecule has 3 aliphatic carbocycles. The number of esters is 1. The molecule has 8 heteroatoms. The van der Waals surface area contributed by atoms with Gasteiger partial charge in [-0.1, -0.05) is 20.8 Å². The van der Waals surface area contributed by atoms with Crippen LogP contribution in [0.3, 0.4) is 0 Å². The molecule has 0 saturated heterocycles. The second-order valence-electron chi connectivity index (χ2n) is 10.5. The van der Waals surface area contributed by atoms with Gasteiger partial charge in [0.25, 0.3) is 0 Å². The molecular formula is C24H32O8. The van der Waals surface area contributed by atoms with Crippen molar-refractivity contribution in [3.05, 3.63) is 34.9 Å². The highest BCUT2D eigenvalue weighted by atomic mass is 16.6. The number of carbonyl (C=O) groups is 1. The number of benzene rings is 1. The molecule has 2 fully saturated rings. The van der Waals surface area contributed by atoms with Crippen molar-refractivity contribution in [3.8, 4) is 11.5 Å². The van der Waals surface area contributed by atoms with E-state index in [0.29, 0.717) is 11.3 Å². The van der Waals surface area contributed by atoms with Crippen molar-refractivity contribution in [2.75, 3.05) is 13.7 Å². The highest BCUT2D eigenvalue weighted by Crippen LogP contribution is 2.69. The van der Waals surface area contributed by atoms with Crippen LogP contribution in [0.25, 0.3) is 0 Å². The minimum Gasteiger partial charge on any atom is -0.507 e. The Bertz CT molecular complexity index is 977. The van der Waals surface area contributed by atoms with Crippen LogP contribution >= 0.6 is 0 Å². The number of fused-ring (bicyclic) bond motifs is 3. The summed E-state index contributed by atoms with van der Waals surface area (Å²) in [5.74, 6) is -1.42. The molecule has 0 bridgehead atoms. The van der Waals surface area contributed by atoms with Crippen molar-refractivity contribution in [1.82, 2.24) is 0 Å². The lowest BCUT2D eigenvalue weighted by molar-refractivity contribution is -0.276. The molecule has 8 nitrogen and oxygen atoms in total. The monoisotopic (exact) mass is 448 g/mol. The molecule has 1 unspecified atom stereocenters. The van der Waals surface area contributed by atoms with Crippen LogP contribution in [0.15, 0.2) is 23.8 Å². The number of aromatic hydroxyl groups is 1. The van der Waals surface area contributed by atoms with E-state index in [4.69, 9.17) is 9.47 Å². The Morgan fingerprint density at radius 2 is 1.88 bits per heavy atom. The van der Waals surface area contributed by atoms with Crippen LogP contribution in [-0.4, -0.2) is 68.6 Å². The number of carbonyl (C=O) groups excluding carboxylic acids is 1. The van der Waals surface area contributed by atoms with Crippen LogP contribution in [0.1, 0.15) is 49.5 Å². The first kappa shape index (κ1) is 23.0. The normalized spacial score (nSPS) is 39.4. The number of hydrogen-bond donors (Lipinski definition) is 5. The highest BCUT2D eigenvalue weighted by Gasteiger charge is 2.77. The molecule has 0 heterocycles. The summed E-state index contributed by atoms with van der Waals surface area (Å²) in [5.41, 5.74) is -4.18. The molecule has 176 valence electrons. The predicted molar refractivity (Wildman–Crippen MR) is 114 cm³/mol. The average Bonchev–Trinajstić information content (AvgIpc) is 2.88. The number of hydrogen-bond acceptors (Lipinski definition) is 8. The van der Waals surface area contributed by atoms with Crippen LogP contribution in [0, 0.1) is 23.7 Å². The summed E-state index contributed by atoms with van der Waals surface area (Å²) in [5, 5.41) is 54.5. The Kier molecular flexibility index (Phi) is 4.99. The van der Waals surface area contributed by atoms with Gasteiger partial charge in [0.15, 0.2) is 0 Å².